The van der Waals surface area contributed by atoms with Crippen molar-refractivity contribution >= 4 is 23.9 Å². The van der Waals surface area contributed by atoms with E-state index in [1.165, 1.54) is 7.11 Å². The molecule has 1 aromatic carbocycles. The zero-order valence-electron chi connectivity index (χ0n) is 12.2. The third-order valence-electron chi connectivity index (χ3n) is 2.77. The van der Waals surface area contributed by atoms with Crippen molar-refractivity contribution in [2.75, 3.05) is 20.3 Å². The van der Waals surface area contributed by atoms with Crippen molar-refractivity contribution in [2.24, 2.45) is 0 Å². The van der Waals surface area contributed by atoms with Gasteiger partial charge in [0.15, 0.2) is 12.0 Å². The zero-order chi connectivity index (χ0) is 15.7. The van der Waals surface area contributed by atoms with Crippen molar-refractivity contribution in [2.45, 2.75) is 26.2 Å². The van der Waals surface area contributed by atoms with Crippen molar-refractivity contribution in [1.29, 1.82) is 0 Å². The highest BCUT2D eigenvalue weighted by atomic mass is 35.5. The standard InChI is InChI=1S/C15H19ClO5/c1-3-20-14(18)6-4-5-9-21-13-8-7-12(16)15(19-2)11(13)10-17/h7-8,10H,3-6,9H2,1-2H3. The maximum Gasteiger partial charge on any atom is 0.305 e. The fourth-order valence-corrected chi connectivity index (χ4v) is 2.03. The number of esters is 1. The molecule has 0 N–H and O–H groups in total. The predicted octanol–water partition coefficient (Wildman–Crippen LogP) is 3.27. The molecule has 0 aliphatic heterocycles. The van der Waals surface area contributed by atoms with E-state index < -0.39 is 0 Å². The Bertz CT molecular complexity index is 487. The lowest BCUT2D eigenvalue weighted by Gasteiger charge is -2.12. The highest BCUT2D eigenvalue weighted by molar-refractivity contribution is 6.32. The molecule has 0 atom stereocenters. The molecule has 0 aliphatic rings. The first-order valence-corrected chi connectivity index (χ1v) is 7.11. The van der Waals surface area contributed by atoms with Crippen molar-refractivity contribution in [3.05, 3.63) is 22.7 Å². The maximum absolute atomic E-state index is 11.2. The first-order valence-electron chi connectivity index (χ1n) is 6.74. The Balaban J connectivity index is 2.49. The van der Waals surface area contributed by atoms with Gasteiger partial charge in [0.05, 0.1) is 30.9 Å². The minimum absolute atomic E-state index is 0.209. The summed E-state index contributed by atoms with van der Waals surface area (Å²) in [7, 11) is 1.44. The number of methoxy groups -OCH3 is 1. The van der Waals surface area contributed by atoms with E-state index in [-0.39, 0.29) is 11.5 Å². The van der Waals surface area contributed by atoms with Crippen LogP contribution in [0, 0.1) is 0 Å². The Hall–Kier alpha value is -1.75. The third kappa shape index (κ3) is 5.27. The number of halogens is 1. The Morgan fingerprint density at radius 2 is 2.10 bits per heavy atom. The maximum atomic E-state index is 11.2. The van der Waals surface area contributed by atoms with Gasteiger partial charge in [-0.3, -0.25) is 9.59 Å². The summed E-state index contributed by atoms with van der Waals surface area (Å²) in [5, 5.41) is 0.356. The van der Waals surface area contributed by atoms with E-state index in [9.17, 15) is 9.59 Å². The highest BCUT2D eigenvalue weighted by Crippen LogP contribution is 2.34. The summed E-state index contributed by atoms with van der Waals surface area (Å²) < 4.78 is 15.5. The molecule has 5 nitrogen and oxygen atoms in total. The molecule has 0 fully saturated rings. The molecule has 0 unspecified atom stereocenters. The Kier molecular flexibility index (Phi) is 7.61. The molecule has 0 heterocycles. The van der Waals surface area contributed by atoms with E-state index >= 15 is 0 Å². The van der Waals surface area contributed by atoms with Crippen LogP contribution < -0.4 is 9.47 Å². The molecule has 0 amide bonds. The highest BCUT2D eigenvalue weighted by Gasteiger charge is 2.13. The summed E-state index contributed by atoms with van der Waals surface area (Å²) in [4.78, 5) is 22.3. The van der Waals surface area contributed by atoms with Gasteiger partial charge in [0.2, 0.25) is 0 Å². The molecule has 0 bridgehead atoms. The van der Waals surface area contributed by atoms with Crippen molar-refractivity contribution in [3.63, 3.8) is 0 Å². The minimum Gasteiger partial charge on any atom is -0.494 e. The van der Waals surface area contributed by atoms with E-state index in [2.05, 4.69) is 0 Å². The van der Waals surface area contributed by atoms with E-state index in [0.29, 0.717) is 55.3 Å². The number of benzene rings is 1. The summed E-state index contributed by atoms with van der Waals surface area (Å²) in [6.45, 7) is 2.56. The first kappa shape index (κ1) is 17.3. The van der Waals surface area contributed by atoms with Gasteiger partial charge in [0.1, 0.15) is 5.75 Å². The van der Waals surface area contributed by atoms with E-state index in [1.807, 2.05) is 0 Å². The average molecular weight is 315 g/mol. The Morgan fingerprint density at radius 1 is 1.33 bits per heavy atom. The molecule has 21 heavy (non-hydrogen) atoms. The van der Waals surface area contributed by atoms with Crippen LogP contribution in [0.4, 0.5) is 0 Å². The van der Waals surface area contributed by atoms with Crippen LogP contribution in [0.15, 0.2) is 12.1 Å². The number of carbonyl (C=O) groups excluding carboxylic acids is 2. The van der Waals surface area contributed by atoms with Gasteiger partial charge in [0.25, 0.3) is 0 Å². The van der Waals surface area contributed by atoms with Gasteiger partial charge in [-0.1, -0.05) is 11.6 Å². The van der Waals surface area contributed by atoms with Crippen molar-refractivity contribution in [3.8, 4) is 11.5 Å². The van der Waals surface area contributed by atoms with Gasteiger partial charge >= 0.3 is 5.97 Å². The molecule has 0 saturated carbocycles. The number of unbranched alkanes of at least 4 members (excludes halogenated alkanes) is 1. The van der Waals surface area contributed by atoms with Crippen molar-refractivity contribution in [1.82, 2.24) is 0 Å². The van der Waals surface area contributed by atoms with Crippen molar-refractivity contribution < 1.29 is 23.8 Å². The zero-order valence-corrected chi connectivity index (χ0v) is 12.9. The van der Waals surface area contributed by atoms with E-state index in [1.54, 1.807) is 19.1 Å². The average Bonchev–Trinajstić information content (AvgIpc) is 2.47. The summed E-state index contributed by atoms with van der Waals surface area (Å²) in [6, 6.07) is 3.24. The molecule has 6 heteroatoms. The summed E-state index contributed by atoms with van der Waals surface area (Å²) in [6.07, 6.45) is 2.36. The molecule has 1 aromatic rings. The smallest absolute Gasteiger partial charge is 0.305 e. The normalized spacial score (nSPS) is 10.0. The molecule has 0 aliphatic carbocycles. The van der Waals surface area contributed by atoms with Gasteiger partial charge in [0, 0.05) is 6.42 Å². The summed E-state index contributed by atoms with van der Waals surface area (Å²) in [5.41, 5.74) is 0.287. The number of hydrogen-bond acceptors (Lipinski definition) is 5. The summed E-state index contributed by atoms with van der Waals surface area (Å²) >= 11 is 5.94. The molecule has 0 spiro atoms. The predicted molar refractivity (Wildman–Crippen MR) is 79.4 cm³/mol. The van der Waals surface area contributed by atoms with Crippen LogP contribution in [-0.2, 0) is 9.53 Å². The van der Waals surface area contributed by atoms with E-state index in [0.717, 1.165) is 0 Å². The molecule has 1 rings (SSSR count). The van der Waals surface area contributed by atoms with Gasteiger partial charge in [-0.15, -0.1) is 0 Å². The quantitative estimate of drug-likeness (QED) is 0.398. The second kappa shape index (κ2) is 9.23. The lowest BCUT2D eigenvalue weighted by Crippen LogP contribution is -2.06. The van der Waals surface area contributed by atoms with Crippen LogP contribution in [0.2, 0.25) is 5.02 Å². The number of ether oxygens (including phenoxy) is 3. The largest absolute Gasteiger partial charge is 0.494 e. The van der Waals surface area contributed by atoms with Crippen LogP contribution in [-0.4, -0.2) is 32.6 Å². The van der Waals surface area contributed by atoms with Gasteiger partial charge < -0.3 is 14.2 Å². The third-order valence-corrected chi connectivity index (χ3v) is 3.07. The van der Waals surface area contributed by atoms with Gasteiger partial charge in [-0.2, -0.15) is 0 Å². The fourth-order valence-electron chi connectivity index (χ4n) is 1.79. The Labute approximate surface area is 129 Å². The molecule has 0 saturated heterocycles. The van der Waals surface area contributed by atoms with Gasteiger partial charge in [-0.05, 0) is 31.9 Å². The SMILES string of the molecule is CCOC(=O)CCCCOc1ccc(Cl)c(OC)c1C=O. The molecule has 0 aromatic heterocycles. The lowest BCUT2D eigenvalue weighted by molar-refractivity contribution is -0.143. The van der Waals surface area contributed by atoms with E-state index in [4.69, 9.17) is 25.8 Å². The monoisotopic (exact) mass is 314 g/mol. The molecule has 0 radical (unpaired) electrons. The number of hydrogen-bond donors (Lipinski definition) is 0. The second-order valence-electron chi connectivity index (χ2n) is 4.22. The van der Waals surface area contributed by atoms with Crippen LogP contribution in [0.3, 0.4) is 0 Å². The fraction of sp³-hybridized carbons (Fsp3) is 0.467. The first-order chi connectivity index (χ1) is 10.1. The summed E-state index contributed by atoms with van der Waals surface area (Å²) in [5.74, 6) is 0.511. The lowest BCUT2D eigenvalue weighted by atomic mass is 10.2. The number of rotatable bonds is 9. The number of aldehydes is 1. The molecular weight excluding hydrogens is 296 g/mol. The van der Waals surface area contributed by atoms with Crippen LogP contribution in [0.5, 0.6) is 11.5 Å². The van der Waals surface area contributed by atoms with Gasteiger partial charge in [-0.25, -0.2) is 0 Å². The topological polar surface area (TPSA) is 61.8 Å². The molecular formula is C15H19ClO5. The Morgan fingerprint density at radius 3 is 2.71 bits per heavy atom. The van der Waals surface area contributed by atoms with Crippen LogP contribution in [0.1, 0.15) is 36.5 Å². The van der Waals surface area contributed by atoms with Crippen LogP contribution >= 0.6 is 11.6 Å². The minimum atomic E-state index is -0.209. The van der Waals surface area contributed by atoms with Crippen LogP contribution in [0.25, 0.3) is 0 Å². The number of carbonyl (C=O) groups is 2. The molecule has 116 valence electrons. The second-order valence-corrected chi connectivity index (χ2v) is 4.63.